The van der Waals surface area contributed by atoms with E-state index < -0.39 is 0 Å². The molecule has 1 aliphatic carbocycles. The maximum absolute atomic E-state index is 11.4. The number of methoxy groups -OCH3 is 1. The summed E-state index contributed by atoms with van der Waals surface area (Å²) >= 11 is 5.68. The van der Waals surface area contributed by atoms with E-state index in [1.165, 1.54) is 7.11 Å². The number of hydrogen-bond donors (Lipinski definition) is 0. The third-order valence-corrected chi connectivity index (χ3v) is 3.28. The molecule has 5 nitrogen and oxygen atoms in total. The standard InChI is InChI=1S/C12H15ClN2O3/c1-17-11(16)8-2-4-9(5-3-8)18-10-6-7-14-12(13)15-10/h6-9H,2-5H2,1H3. The van der Waals surface area contributed by atoms with Crippen LogP contribution in [0.15, 0.2) is 12.3 Å². The van der Waals surface area contributed by atoms with E-state index in [-0.39, 0.29) is 23.3 Å². The van der Waals surface area contributed by atoms with E-state index in [2.05, 4.69) is 9.97 Å². The fraction of sp³-hybridized carbons (Fsp3) is 0.583. The summed E-state index contributed by atoms with van der Waals surface area (Å²) in [5.74, 6) is 0.360. The molecular formula is C12H15ClN2O3. The van der Waals surface area contributed by atoms with Gasteiger partial charge in [0, 0.05) is 12.3 Å². The van der Waals surface area contributed by atoms with Gasteiger partial charge in [0.25, 0.3) is 0 Å². The average molecular weight is 271 g/mol. The molecule has 0 spiro atoms. The predicted octanol–water partition coefficient (Wildman–Crippen LogP) is 2.24. The summed E-state index contributed by atoms with van der Waals surface area (Å²) in [7, 11) is 1.42. The maximum Gasteiger partial charge on any atom is 0.308 e. The SMILES string of the molecule is COC(=O)C1CCC(Oc2ccnc(Cl)n2)CC1. The van der Waals surface area contributed by atoms with Crippen molar-refractivity contribution in [2.45, 2.75) is 31.8 Å². The van der Waals surface area contributed by atoms with Crippen molar-refractivity contribution in [2.24, 2.45) is 5.92 Å². The van der Waals surface area contributed by atoms with Crippen LogP contribution in [0.4, 0.5) is 0 Å². The second-order valence-corrected chi connectivity index (χ2v) is 4.62. The minimum Gasteiger partial charge on any atom is -0.474 e. The van der Waals surface area contributed by atoms with Gasteiger partial charge in [-0.05, 0) is 37.3 Å². The first kappa shape index (κ1) is 13.1. The van der Waals surface area contributed by atoms with Gasteiger partial charge in [0.15, 0.2) is 0 Å². The highest BCUT2D eigenvalue weighted by molar-refractivity contribution is 6.28. The molecule has 0 amide bonds. The van der Waals surface area contributed by atoms with Crippen molar-refractivity contribution in [1.82, 2.24) is 9.97 Å². The molecule has 1 heterocycles. The van der Waals surface area contributed by atoms with Crippen molar-refractivity contribution in [1.29, 1.82) is 0 Å². The number of ether oxygens (including phenoxy) is 2. The van der Waals surface area contributed by atoms with Gasteiger partial charge < -0.3 is 9.47 Å². The Morgan fingerprint density at radius 1 is 1.39 bits per heavy atom. The van der Waals surface area contributed by atoms with Crippen molar-refractivity contribution in [3.63, 3.8) is 0 Å². The number of aromatic nitrogens is 2. The van der Waals surface area contributed by atoms with E-state index in [4.69, 9.17) is 21.1 Å². The van der Waals surface area contributed by atoms with E-state index in [0.29, 0.717) is 5.88 Å². The Kier molecular flexibility index (Phi) is 4.36. The van der Waals surface area contributed by atoms with E-state index >= 15 is 0 Å². The van der Waals surface area contributed by atoms with Gasteiger partial charge in [-0.15, -0.1) is 0 Å². The zero-order valence-electron chi connectivity index (χ0n) is 10.1. The van der Waals surface area contributed by atoms with Crippen LogP contribution in [0.25, 0.3) is 0 Å². The lowest BCUT2D eigenvalue weighted by Crippen LogP contribution is -2.28. The van der Waals surface area contributed by atoms with Gasteiger partial charge >= 0.3 is 5.97 Å². The molecule has 1 fully saturated rings. The minimum absolute atomic E-state index is 0.00355. The number of carbonyl (C=O) groups excluding carboxylic acids is 1. The van der Waals surface area contributed by atoms with Crippen LogP contribution in [0, 0.1) is 5.92 Å². The monoisotopic (exact) mass is 270 g/mol. The molecule has 0 saturated heterocycles. The highest BCUT2D eigenvalue weighted by atomic mass is 35.5. The maximum atomic E-state index is 11.4. The Morgan fingerprint density at radius 2 is 2.11 bits per heavy atom. The van der Waals surface area contributed by atoms with Gasteiger partial charge in [-0.25, -0.2) is 4.98 Å². The second kappa shape index (κ2) is 6.00. The van der Waals surface area contributed by atoms with E-state index in [9.17, 15) is 4.79 Å². The van der Waals surface area contributed by atoms with Gasteiger partial charge in [-0.3, -0.25) is 4.79 Å². The summed E-state index contributed by atoms with van der Waals surface area (Å²) in [5.41, 5.74) is 0. The molecule has 98 valence electrons. The van der Waals surface area contributed by atoms with Crippen LogP contribution in [-0.4, -0.2) is 29.2 Å². The van der Waals surface area contributed by atoms with Gasteiger partial charge in [0.1, 0.15) is 6.10 Å². The summed E-state index contributed by atoms with van der Waals surface area (Å²) in [4.78, 5) is 19.1. The van der Waals surface area contributed by atoms with Gasteiger partial charge in [-0.1, -0.05) is 0 Å². The van der Waals surface area contributed by atoms with Crippen LogP contribution in [0.5, 0.6) is 5.88 Å². The molecular weight excluding hydrogens is 256 g/mol. The Labute approximate surface area is 110 Å². The summed E-state index contributed by atoms with van der Waals surface area (Å²) < 4.78 is 10.5. The fourth-order valence-electron chi connectivity index (χ4n) is 2.14. The Morgan fingerprint density at radius 3 is 2.72 bits per heavy atom. The van der Waals surface area contributed by atoms with E-state index in [1.54, 1.807) is 12.3 Å². The average Bonchev–Trinajstić information content (AvgIpc) is 2.39. The molecule has 0 unspecified atom stereocenters. The van der Waals surface area contributed by atoms with Crippen LogP contribution in [0.2, 0.25) is 5.28 Å². The van der Waals surface area contributed by atoms with E-state index in [0.717, 1.165) is 25.7 Å². The topological polar surface area (TPSA) is 61.3 Å². The number of nitrogens with zero attached hydrogens (tertiary/aromatic N) is 2. The molecule has 0 radical (unpaired) electrons. The molecule has 1 aromatic rings. The molecule has 1 aromatic heterocycles. The van der Waals surface area contributed by atoms with Crippen LogP contribution >= 0.6 is 11.6 Å². The number of halogens is 1. The first-order chi connectivity index (χ1) is 8.69. The predicted molar refractivity (Wildman–Crippen MR) is 65.4 cm³/mol. The van der Waals surface area contributed by atoms with Crippen molar-refractivity contribution >= 4 is 17.6 Å². The highest BCUT2D eigenvalue weighted by Gasteiger charge is 2.28. The van der Waals surface area contributed by atoms with Gasteiger partial charge in [-0.2, -0.15) is 4.98 Å². The highest BCUT2D eigenvalue weighted by Crippen LogP contribution is 2.27. The number of carbonyl (C=O) groups is 1. The molecule has 1 saturated carbocycles. The summed E-state index contributed by atoms with van der Waals surface area (Å²) in [6, 6.07) is 1.68. The van der Waals surface area contributed by atoms with Crippen molar-refractivity contribution in [2.75, 3.05) is 7.11 Å². The molecule has 0 aromatic carbocycles. The van der Waals surface area contributed by atoms with Crippen molar-refractivity contribution < 1.29 is 14.3 Å². The van der Waals surface area contributed by atoms with Gasteiger partial charge in [0.2, 0.25) is 11.2 Å². The lowest BCUT2D eigenvalue weighted by atomic mass is 9.87. The second-order valence-electron chi connectivity index (χ2n) is 4.28. The third kappa shape index (κ3) is 3.32. The normalized spacial score (nSPS) is 23.4. The Bertz CT molecular complexity index is 420. The molecule has 0 atom stereocenters. The first-order valence-electron chi connectivity index (χ1n) is 5.92. The van der Waals surface area contributed by atoms with Crippen LogP contribution in [-0.2, 0) is 9.53 Å². The molecule has 0 bridgehead atoms. The molecule has 0 aliphatic heterocycles. The summed E-state index contributed by atoms with van der Waals surface area (Å²) in [6.07, 6.45) is 4.86. The third-order valence-electron chi connectivity index (χ3n) is 3.10. The quantitative estimate of drug-likeness (QED) is 0.623. The van der Waals surface area contributed by atoms with Crippen LogP contribution in [0.1, 0.15) is 25.7 Å². The van der Waals surface area contributed by atoms with Crippen LogP contribution in [0.3, 0.4) is 0 Å². The van der Waals surface area contributed by atoms with Crippen LogP contribution < -0.4 is 4.74 Å². The number of esters is 1. The van der Waals surface area contributed by atoms with Gasteiger partial charge in [0.05, 0.1) is 13.0 Å². The molecule has 6 heteroatoms. The summed E-state index contributed by atoms with van der Waals surface area (Å²) in [5, 5.41) is 0.177. The Hall–Kier alpha value is -1.36. The van der Waals surface area contributed by atoms with Crippen molar-refractivity contribution in [3.05, 3.63) is 17.5 Å². The fourth-order valence-corrected chi connectivity index (χ4v) is 2.28. The lowest BCUT2D eigenvalue weighted by Gasteiger charge is -2.26. The summed E-state index contributed by atoms with van der Waals surface area (Å²) in [6.45, 7) is 0. The molecule has 1 aliphatic rings. The molecule has 18 heavy (non-hydrogen) atoms. The molecule has 2 rings (SSSR count). The van der Waals surface area contributed by atoms with Crippen molar-refractivity contribution in [3.8, 4) is 5.88 Å². The first-order valence-corrected chi connectivity index (χ1v) is 6.30. The Balaban J connectivity index is 1.85. The smallest absolute Gasteiger partial charge is 0.308 e. The van der Waals surface area contributed by atoms with E-state index in [1.807, 2.05) is 0 Å². The minimum atomic E-state index is -0.126. The number of rotatable bonds is 3. The lowest BCUT2D eigenvalue weighted by molar-refractivity contribution is -0.147. The zero-order valence-corrected chi connectivity index (χ0v) is 10.9. The number of hydrogen-bond acceptors (Lipinski definition) is 5. The zero-order chi connectivity index (χ0) is 13.0. The largest absolute Gasteiger partial charge is 0.474 e. The molecule has 0 N–H and O–H groups in total.